The molecule has 1 aromatic rings. The van der Waals surface area contributed by atoms with Crippen LogP contribution in [0.15, 0.2) is 18.2 Å². The summed E-state index contributed by atoms with van der Waals surface area (Å²) in [6, 6.07) is 5.64. The van der Waals surface area contributed by atoms with E-state index < -0.39 is 0 Å². The van der Waals surface area contributed by atoms with Crippen molar-refractivity contribution >= 4 is 6.29 Å². The number of ether oxygens (including phenoxy) is 3. The molecule has 4 heteroatoms. The van der Waals surface area contributed by atoms with E-state index >= 15 is 0 Å². The van der Waals surface area contributed by atoms with Crippen molar-refractivity contribution in [2.24, 2.45) is 0 Å². The van der Waals surface area contributed by atoms with Crippen LogP contribution >= 0.6 is 0 Å². The zero-order chi connectivity index (χ0) is 14.0. The molecule has 108 valence electrons. The lowest BCUT2D eigenvalue weighted by Crippen LogP contribution is -2.44. The number of rotatable bonds is 3. The Morgan fingerprint density at radius 2 is 2.30 bits per heavy atom. The molecule has 2 unspecified atom stereocenters. The molecule has 1 spiro atoms. The van der Waals surface area contributed by atoms with Gasteiger partial charge in [-0.3, -0.25) is 4.79 Å². The normalized spacial score (nSPS) is 29.6. The molecule has 20 heavy (non-hydrogen) atoms. The Morgan fingerprint density at radius 3 is 3.05 bits per heavy atom. The average Bonchev–Trinajstić information content (AvgIpc) is 2.89. The van der Waals surface area contributed by atoms with Crippen LogP contribution < -0.4 is 4.74 Å². The van der Waals surface area contributed by atoms with Crippen molar-refractivity contribution in [3.8, 4) is 5.75 Å². The minimum Gasteiger partial charge on any atom is -0.489 e. The number of aryl methyl sites for hydroxylation is 1. The molecule has 1 aromatic carbocycles. The van der Waals surface area contributed by atoms with Gasteiger partial charge in [0.1, 0.15) is 11.9 Å². The molecule has 0 aromatic heterocycles. The summed E-state index contributed by atoms with van der Waals surface area (Å²) in [5.74, 6) is 0.712. The Bertz CT molecular complexity index is 491. The Balaban J connectivity index is 1.76. The van der Waals surface area contributed by atoms with Gasteiger partial charge in [-0.05, 0) is 18.6 Å². The predicted molar refractivity (Wildman–Crippen MR) is 74.3 cm³/mol. The van der Waals surface area contributed by atoms with Gasteiger partial charge in [-0.1, -0.05) is 12.1 Å². The fourth-order valence-electron chi connectivity index (χ4n) is 3.04. The van der Waals surface area contributed by atoms with Gasteiger partial charge in [0.2, 0.25) is 0 Å². The highest BCUT2D eigenvalue weighted by atomic mass is 16.6. The third-order valence-corrected chi connectivity index (χ3v) is 4.17. The van der Waals surface area contributed by atoms with Crippen LogP contribution in [-0.4, -0.2) is 37.8 Å². The van der Waals surface area contributed by atoms with Crippen molar-refractivity contribution in [2.75, 3.05) is 19.8 Å². The van der Waals surface area contributed by atoms with E-state index in [9.17, 15) is 4.79 Å². The SMILES string of the molecule is Cc1cccc(C=O)c1OC1CCOC2(CCOC2)C1. The molecular formula is C16H20O4. The molecule has 2 fully saturated rings. The lowest BCUT2D eigenvalue weighted by atomic mass is 9.91. The molecular weight excluding hydrogens is 256 g/mol. The predicted octanol–water partition coefficient (Wildman–Crippen LogP) is 2.52. The molecule has 2 atom stereocenters. The van der Waals surface area contributed by atoms with Gasteiger partial charge in [-0.25, -0.2) is 0 Å². The lowest BCUT2D eigenvalue weighted by molar-refractivity contribution is -0.112. The molecule has 2 aliphatic rings. The second-order valence-electron chi connectivity index (χ2n) is 5.68. The van der Waals surface area contributed by atoms with Crippen LogP contribution in [0.4, 0.5) is 0 Å². The second-order valence-corrected chi connectivity index (χ2v) is 5.68. The van der Waals surface area contributed by atoms with Crippen LogP contribution in [0.5, 0.6) is 5.75 Å². The van der Waals surface area contributed by atoms with E-state index in [4.69, 9.17) is 14.2 Å². The van der Waals surface area contributed by atoms with Crippen molar-refractivity contribution in [1.82, 2.24) is 0 Å². The summed E-state index contributed by atoms with van der Waals surface area (Å²) in [7, 11) is 0. The standard InChI is InChI=1S/C16H20O4/c1-12-3-2-4-13(10-17)15(12)20-14-5-7-19-16(9-14)6-8-18-11-16/h2-4,10,14H,5-9,11H2,1H3. The van der Waals surface area contributed by atoms with Crippen LogP contribution in [-0.2, 0) is 9.47 Å². The summed E-state index contributed by atoms with van der Waals surface area (Å²) in [4.78, 5) is 11.1. The summed E-state index contributed by atoms with van der Waals surface area (Å²) < 4.78 is 17.5. The lowest BCUT2D eigenvalue weighted by Gasteiger charge is -2.37. The maximum atomic E-state index is 11.1. The minimum absolute atomic E-state index is 0.0882. The number of hydrogen-bond donors (Lipinski definition) is 0. The van der Waals surface area contributed by atoms with Gasteiger partial charge < -0.3 is 14.2 Å². The number of hydrogen-bond acceptors (Lipinski definition) is 4. The molecule has 0 radical (unpaired) electrons. The summed E-state index contributed by atoms with van der Waals surface area (Å²) in [5, 5.41) is 0. The van der Waals surface area contributed by atoms with Crippen LogP contribution in [0.1, 0.15) is 35.2 Å². The maximum absolute atomic E-state index is 11.1. The van der Waals surface area contributed by atoms with Crippen LogP contribution in [0.2, 0.25) is 0 Å². The van der Waals surface area contributed by atoms with E-state index in [-0.39, 0.29) is 11.7 Å². The Morgan fingerprint density at radius 1 is 1.40 bits per heavy atom. The van der Waals surface area contributed by atoms with Gasteiger partial charge in [-0.15, -0.1) is 0 Å². The molecule has 2 aliphatic heterocycles. The van der Waals surface area contributed by atoms with Gasteiger partial charge >= 0.3 is 0 Å². The average molecular weight is 276 g/mol. The molecule has 0 N–H and O–H groups in total. The van der Waals surface area contributed by atoms with Gasteiger partial charge in [-0.2, -0.15) is 0 Å². The first-order valence-electron chi connectivity index (χ1n) is 7.16. The summed E-state index contributed by atoms with van der Waals surface area (Å²) in [6.45, 7) is 4.07. The van der Waals surface area contributed by atoms with Crippen molar-refractivity contribution in [2.45, 2.75) is 37.9 Å². The van der Waals surface area contributed by atoms with Crippen LogP contribution in [0, 0.1) is 6.92 Å². The van der Waals surface area contributed by atoms with E-state index in [1.54, 1.807) is 6.07 Å². The van der Waals surface area contributed by atoms with Gasteiger partial charge in [0.05, 0.1) is 24.4 Å². The molecule has 0 amide bonds. The number of para-hydroxylation sites is 1. The Labute approximate surface area is 119 Å². The largest absolute Gasteiger partial charge is 0.489 e. The quantitative estimate of drug-likeness (QED) is 0.796. The third-order valence-electron chi connectivity index (χ3n) is 4.17. The number of carbonyl (C=O) groups is 1. The first-order valence-corrected chi connectivity index (χ1v) is 7.16. The maximum Gasteiger partial charge on any atom is 0.153 e. The highest BCUT2D eigenvalue weighted by Gasteiger charge is 2.42. The monoisotopic (exact) mass is 276 g/mol. The molecule has 0 bridgehead atoms. The Hall–Kier alpha value is -1.39. The zero-order valence-corrected chi connectivity index (χ0v) is 11.8. The van der Waals surface area contributed by atoms with Gasteiger partial charge in [0, 0.05) is 25.9 Å². The third kappa shape index (κ3) is 2.58. The molecule has 2 heterocycles. The van der Waals surface area contributed by atoms with E-state index in [1.807, 2.05) is 19.1 Å². The summed E-state index contributed by atoms with van der Waals surface area (Å²) in [5.41, 5.74) is 1.44. The van der Waals surface area contributed by atoms with E-state index in [1.165, 1.54) is 0 Å². The van der Waals surface area contributed by atoms with E-state index in [2.05, 4.69) is 0 Å². The van der Waals surface area contributed by atoms with E-state index in [0.717, 1.165) is 37.7 Å². The molecule has 0 aliphatic carbocycles. The highest BCUT2D eigenvalue weighted by molar-refractivity contribution is 5.80. The molecule has 3 rings (SSSR count). The van der Waals surface area contributed by atoms with Crippen molar-refractivity contribution in [1.29, 1.82) is 0 Å². The van der Waals surface area contributed by atoms with Crippen LogP contribution in [0.3, 0.4) is 0 Å². The Kier molecular flexibility index (Phi) is 3.76. The van der Waals surface area contributed by atoms with Gasteiger partial charge in [0.25, 0.3) is 0 Å². The number of aldehydes is 1. The fraction of sp³-hybridized carbons (Fsp3) is 0.562. The number of carbonyl (C=O) groups excluding carboxylic acids is 1. The van der Waals surface area contributed by atoms with Gasteiger partial charge in [0.15, 0.2) is 6.29 Å². The van der Waals surface area contributed by atoms with Crippen LogP contribution in [0.25, 0.3) is 0 Å². The zero-order valence-electron chi connectivity index (χ0n) is 11.8. The first kappa shape index (κ1) is 13.6. The van der Waals surface area contributed by atoms with Crippen molar-refractivity contribution in [3.63, 3.8) is 0 Å². The van der Waals surface area contributed by atoms with Crippen molar-refractivity contribution < 1.29 is 19.0 Å². The summed E-state index contributed by atoms with van der Waals surface area (Å²) >= 11 is 0. The fourth-order valence-corrected chi connectivity index (χ4v) is 3.04. The van der Waals surface area contributed by atoms with Crippen molar-refractivity contribution in [3.05, 3.63) is 29.3 Å². The highest BCUT2D eigenvalue weighted by Crippen LogP contribution is 2.35. The minimum atomic E-state index is -0.174. The van der Waals surface area contributed by atoms with E-state index in [0.29, 0.717) is 24.5 Å². The molecule has 4 nitrogen and oxygen atoms in total. The topological polar surface area (TPSA) is 44.8 Å². The summed E-state index contributed by atoms with van der Waals surface area (Å²) in [6.07, 6.45) is 3.57. The molecule has 0 saturated carbocycles. The smallest absolute Gasteiger partial charge is 0.153 e. The second kappa shape index (κ2) is 5.54. The molecule has 2 saturated heterocycles. The number of benzene rings is 1. The first-order chi connectivity index (χ1) is 9.72.